The zero-order valence-electron chi connectivity index (χ0n) is 19.5. The Morgan fingerprint density at radius 2 is 1.23 bits per heavy atom. The van der Waals surface area contributed by atoms with Gasteiger partial charge in [0.25, 0.3) is 0 Å². The van der Waals surface area contributed by atoms with E-state index in [-0.39, 0.29) is 12.1 Å². The van der Waals surface area contributed by atoms with Crippen LogP contribution >= 0.6 is 0 Å². The summed E-state index contributed by atoms with van der Waals surface area (Å²) in [6, 6.07) is 0. The molecule has 2 rings (SSSR count). The summed E-state index contributed by atoms with van der Waals surface area (Å²) in [5, 5.41) is 0. The minimum absolute atomic E-state index is 0.116. The van der Waals surface area contributed by atoms with Gasteiger partial charge < -0.3 is 20.3 Å². The van der Waals surface area contributed by atoms with Crippen LogP contribution in [0, 0.1) is 5.41 Å². The summed E-state index contributed by atoms with van der Waals surface area (Å²) in [7, 11) is 3.78. The Kier molecular flexibility index (Phi) is 22.1. The van der Waals surface area contributed by atoms with Gasteiger partial charge in [0.05, 0.1) is 0 Å². The van der Waals surface area contributed by atoms with Gasteiger partial charge in [0.15, 0.2) is 0 Å². The van der Waals surface area contributed by atoms with E-state index in [1.165, 1.54) is 38.8 Å². The van der Waals surface area contributed by atoms with Crippen LogP contribution in [0.5, 0.6) is 0 Å². The second-order valence-electron chi connectivity index (χ2n) is 6.25. The van der Waals surface area contributed by atoms with E-state index >= 15 is 0 Å². The molecule has 1 amide bonds. The summed E-state index contributed by atoms with van der Waals surface area (Å²) in [6.07, 6.45) is 4.99. The lowest BCUT2D eigenvalue weighted by atomic mass is 9.71. The van der Waals surface area contributed by atoms with Crippen LogP contribution in [0.2, 0.25) is 0 Å². The number of nitrogens with two attached hydrogens (primary N) is 1. The van der Waals surface area contributed by atoms with Crippen molar-refractivity contribution in [2.24, 2.45) is 11.1 Å². The first-order chi connectivity index (χ1) is 12.4. The number of piperidine rings is 2. The Morgan fingerprint density at radius 3 is 1.50 bits per heavy atom. The average molecular weight is 376 g/mol. The molecule has 2 N–H and O–H groups in total. The van der Waals surface area contributed by atoms with E-state index in [2.05, 4.69) is 16.7 Å². The summed E-state index contributed by atoms with van der Waals surface area (Å²) in [6.45, 7) is 19.9. The van der Waals surface area contributed by atoms with Crippen LogP contribution in [0.25, 0.3) is 0 Å². The molecule has 5 heteroatoms. The van der Waals surface area contributed by atoms with Crippen molar-refractivity contribution >= 4 is 5.91 Å². The van der Waals surface area contributed by atoms with Gasteiger partial charge in [0.1, 0.15) is 6.23 Å². The van der Waals surface area contributed by atoms with Crippen molar-refractivity contribution in [3.05, 3.63) is 0 Å². The lowest BCUT2D eigenvalue weighted by molar-refractivity contribution is -0.131. The molecule has 2 saturated heterocycles. The fourth-order valence-electron chi connectivity index (χ4n) is 2.89. The molecule has 1 unspecified atom stereocenters. The van der Waals surface area contributed by atoms with Gasteiger partial charge in [-0.3, -0.25) is 4.79 Å². The van der Waals surface area contributed by atoms with Crippen molar-refractivity contribution < 1.29 is 9.53 Å². The molecule has 0 aliphatic carbocycles. The molecule has 160 valence electrons. The second-order valence-corrected chi connectivity index (χ2v) is 6.25. The van der Waals surface area contributed by atoms with Gasteiger partial charge >= 0.3 is 0 Å². The van der Waals surface area contributed by atoms with Crippen molar-refractivity contribution in [1.29, 1.82) is 0 Å². The van der Waals surface area contributed by atoms with Crippen molar-refractivity contribution in [1.82, 2.24) is 9.80 Å². The average Bonchev–Trinajstić information content (AvgIpc) is 2.70. The topological polar surface area (TPSA) is 58.8 Å². The van der Waals surface area contributed by atoms with E-state index in [1.807, 2.05) is 46.4 Å². The van der Waals surface area contributed by atoms with Crippen molar-refractivity contribution in [3.8, 4) is 0 Å². The van der Waals surface area contributed by atoms with E-state index in [0.29, 0.717) is 5.41 Å². The third-order valence-corrected chi connectivity index (χ3v) is 4.69. The summed E-state index contributed by atoms with van der Waals surface area (Å²) < 4.78 is 4.53. The number of methoxy groups -OCH3 is 1. The molecule has 0 radical (unpaired) electrons. The SMILES string of the molecule is CC.CC.CC.CC(=O)N1CCC2(CCN(C)CC2)CC1.COC(C)N. The van der Waals surface area contributed by atoms with Crippen molar-refractivity contribution in [2.45, 2.75) is 87.3 Å². The highest BCUT2D eigenvalue weighted by atomic mass is 16.5. The van der Waals surface area contributed by atoms with E-state index in [4.69, 9.17) is 5.73 Å². The molecular formula is C21H49N3O2. The molecule has 2 aliphatic rings. The van der Waals surface area contributed by atoms with Gasteiger partial charge in [0, 0.05) is 27.1 Å². The molecule has 0 aromatic rings. The van der Waals surface area contributed by atoms with Gasteiger partial charge in [-0.05, 0) is 58.2 Å². The quantitative estimate of drug-likeness (QED) is 0.692. The van der Waals surface area contributed by atoms with Crippen LogP contribution in [0.15, 0.2) is 0 Å². The smallest absolute Gasteiger partial charge is 0.219 e. The first-order valence-electron chi connectivity index (χ1n) is 10.6. The largest absolute Gasteiger partial charge is 0.367 e. The summed E-state index contributed by atoms with van der Waals surface area (Å²) in [4.78, 5) is 15.7. The van der Waals surface area contributed by atoms with Gasteiger partial charge in [-0.1, -0.05) is 41.5 Å². The number of amides is 1. The molecule has 2 heterocycles. The summed E-state index contributed by atoms with van der Waals surface area (Å²) >= 11 is 0. The molecule has 26 heavy (non-hydrogen) atoms. The summed E-state index contributed by atoms with van der Waals surface area (Å²) in [5.41, 5.74) is 5.64. The molecule has 0 aromatic heterocycles. The molecule has 2 fully saturated rings. The van der Waals surface area contributed by atoms with Crippen LogP contribution in [-0.4, -0.2) is 62.3 Å². The normalized spacial score (nSPS) is 19.1. The Morgan fingerprint density at radius 1 is 0.923 bits per heavy atom. The lowest BCUT2D eigenvalue weighted by Gasteiger charge is -2.46. The van der Waals surface area contributed by atoms with Gasteiger partial charge in [-0.2, -0.15) is 0 Å². The third-order valence-electron chi connectivity index (χ3n) is 4.69. The minimum Gasteiger partial charge on any atom is -0.367 e. The van der Waals surface area contributed by atoms with Crippen LogP contribution in [0.3, 0.4) is 0 Å². The number of ether oxygens (including phenoxy) is 1. The number of hydrogen-bond donors (Lipinski definition) is 1. The van der Waals surface area contributed by atoms with Crippen molar-refractivity contribution in [2.75, 3.05) is 40.3 Å². The number of carbonyl (C=O) groups is 1. The lowest BCUT2D eigenvalue weighted by Crippen LogP contribution is -2.47. The predicted molar refractivity (Wildman–Crippen MR) is 115 cm³/mol. The molecule has 0 bridgehead atoms. The monoisotopic (exact) mass is 375 g/mol. The molecule has 0 aromatic carbocycles. The first-order valence-corrected chi connectivity index (χ1v) is 10.6. The molecule has 2 aliphatic heterocycles. The van der Waals surface area contributed by atoms with Gasteiger partial charge in [-0.25, -0.2) is 0 Å². The second kappa shape index (κ2) is 19.1. The van der Waals surface area contributed by atoms with E-state index in [0.717, 1.165) is 13.1 Å². The molecule has 0 saturated carbocycles. The Bertz CT molecular complexity index is 292. The fourth-order valence-corrected chi connectivity index (χ4v) is 2.89. The summed E-state index contributed by atoms with van der Waals surface area (Å²) in [5.74, 6) is 0.248. The number of likely N-dealkylation sites (tertiary alicyclic amines) is 2. The number of rotatable bonds is 1. The third kappa shape index (κ3) is 13.5. The van der Waals surface area contributed by atoms with Gasteiger partial charge in [0.2, 0.25) is 5.91 Å². The molecule has 1 spiro atoms. The molecule has 1 atom stereocenters. The minimum atomic E-state index is -0.116. The fraction of sp³-hybridized carbons (Fsp3) is 0.952. The molecule has 5 nitrogen and oxygen atoms in total. The van der Waals surface area contributed by atoms with E-state index in [9.17, 15) is 4.79 Å². The van der Waals surface area contributed by atoms with Crippen LogP contribution in [0.4, 0.5) is 0 Å². The molecular weight excluding hydrogens is 326 g/mol. The zero-order valence-corrected chi connectivity index (χ0v) is 19.5. The van der Waals surface area contributed by atoms with E-state index < -0.39 is 0 Å². The van der Waals surface area contributed by atoms with Crippen LogP contribution in [0.1, 0.15) is 81.1 Å². The maximum Gasteiger partial charge on any atom is 0.219 e. The zero-order chi connectivity index (χ0) is 21.2. The Labute approximate surface area is 164 Å². The maximum absolute atomic E-state index is 11.2. The standard InChI is InChI=1S/C12H22N2O.C3H9NO.3C2H6/c1-11(15)14-9-5-12(6-10-14)3-7-13(2)8-4-12;1-3(4)5-2;3*1-2/h3-10H2,1-2H3;3H,4H2,1-2H3;3*1-2H3. The Hall–Kier alpha value is -0.650. The van der Waals surface area contributed by atoms with Gasteiger partial charge in [-0.15, -0.1) is 0 Å². The Balaban J connectivity index is -0.000000407. The first kappa shape index (κ1) is 30.1. The van der Waals surface area contributed by atoms with Crippen LogP contribution < -0.4 is 5.73 Å². The highest BCUT2D eigenvalue weighted by Gasteiger charge is 2.37. The number of nitrogens with zero attached hydrogens (tertiary/aromatic N) is 2. The number of hydrogen-bond acceptors (Lipinski definition) is 4. The number of carbonyl (C=O) groups excluding carboxylic acids is 1. The van der Waals surface area contributed by atoms with Crippen LogP contribution in [-0.2, 0) is 9.53 Å². The van der Waals surface area contributed by atoms with E-state index in [1.54, 1.807) is 21.0 Å². The predicted octanol–water partition coefficient (Wildman–Crippen LogP) is 4.36. The maximum atomic E-state index is 11.2. The van der Waals surface area contributed by atoms with Crippen molar-refractivity contribution in [3.63, 3.8) is 0 Å². The highest BCUT2D eigenvalue weighted by molar-refractivity contribution is 5.73. The highest BCUT2D eigenvalue weighted by Crippen LogP contribution is 2.40.